The first-order chi connectivity index (χ1) is 28.0. The average molecular weight is 777 g/mol. The summed E-state index contributed by atoms with van der Waals surface area (Å²) >= 11 is 0. The molecule has 288 valence electrons. The summed E-state index contributed by atoms with van der Waals surface area (Å²) < 4.78 is 10.9. The smallest absolute Gasteiger partial charge is 0.276 e. The van der Waals surface area contributed by atoms with E-state index < -0.39 is 5.60 Å². The summed E-state index contributed by atoms with van der Waals surface area (Å²) in [7, 11) is 3.59. The topological polar surface area (TPSA) is 277 Å². The van der Waals surface area contributed by atoms with Gasteiger partial charge in [-0.25, -0.2) is 0 Å². The molecule has 0 amide bonds. The molecule has 6 heterocycles. The SMILES string of the molecule is CN(c1ccccc1)c1nc(N)nc(-c2noc(-c3ccc(C(=O)CC(C)(O)c4ccc(-c5nc(-c6nc(N)nc(N(C)c7ccccc7)n6)no5)nc4)cn3)n2)n1. The first-order valence-corrected chi connectivity index (χ1v) is 17.5. The third-order valence-electron chi connectivity index (χ3n) is 8.83. The maximum Gasteiger partial charge on any atom is 0.276 e. The van der Waals surface area contributed by atoms with Crippen molar-refractivity contribution in [2.45, 2.75) is 18.9 Å². The van der Waals surface area contributed by atoms with Crippen molar-refractivity contribution in [3.63, 3.8) is 0 Å². The van der Waals surface area contributed by atoms with E-state index >= 15 is 0 Å². The van der Waals surface area contributed by atoms with Crippen LogP contribution in [0.1, 0.15) is 29.3 Å². The number of carbonyl (C=O) groups excluding carboxylic acids is 1. The molecule has 0 saturated heterocycles. The lowest BCUT2D eigenvalue weighted by Gasteiger charge is -2.22. The maximum atomic E-state index is 13.3. The summed E-state index contributed by atoms with van der Waals surface area (Å²) in [5, 5.41) is 19.4. The second kappa shape index (κ2) is 15.2. The fourth-order valence-electron chi connectivity index (χ4n) is 5.67. The fourth-order valence-corrected chi connectivity index (χ4v) is 5.67. The van der Waals surface area contributed by atoms with Crippen LogP contribution in [0.25, 0.3) is 46.5 Å². The Morgan fingerprint density at radius 1 is 0.621 bits per heavy atom. The van der Waals surface area contributed by atoms with Crippen molar-refractivity contribution >= 4 is 41.0 Å². The van der Waals surface area contributed by atoms with E-state index in [1.807, 2.05) is 60.7 Å². The summed E-state index contributed by atoms with van der Waals surface area (Å²) in [5.41, 5.74) is 13.3. The predicted molar refractivity (Wildman–Crippen MR) is 209 cm³/mol. The molecule has 2 aromatic carbocycles. The van der Waals surface area contributed by atoms with E-state index in [1.165, 1.54) is 19.3 Å². The molecule has 5 N–H and O–H groups in total. The number of pyridine rings is 2. The lowest BCUT2D eigenvalue weighted by molar-refractivity contribution is 0.0429. The number of hydrogen-bond acceptors (Lipinski definition) is 20. The molecule has 0 bridgehead atoms. The van der Waals surface area contributed by atoms with Gasteiger partial charge in [0.15, 0.2) is 5.78 Å². The molecular weight excluding hydrogens is 745 g/mol. The average Bonchev–Trinajstić information content (AvgIpc) is 3.95. The third-order valence-corrected chi connectivity index (χ3v) is 8.83. The van der Waals surface area contributed by atoms with Crippen LogP contribution in [0.3, 0.4) is 0 Å². The van der Waals surface area contributed by atoms with Crippen molar-refractivity contribution in [3.8, 4) is 46.5 Å². The molecule has 20 heteroatoms. The number of ketones is 1. The molecule has 8 rings (SSSR count). The molecule has 0 aliphatic rings. The number of Topliss-reactive ketones (excluding diaryl/α,β-unsaturated/α-hetero) is 1. The van der Waals surface area contributed by atoms with Gasteiger partial charge >= 0.3 is 0 Å². The van der Waals surface area contributed by atoms with Crippen LogP contribution in [0.5, 0.6) is 0 Å². The first kappa shape index (κ1) is 36.8. The molecule has 0 saturated carbocycles. The number of benzene rings is 2. The number of nitrogens with two attached hydrogens (primary N) is 2. The van der Waals surface area contributed by atoms with Gasteiger partial charge in [0.05, 0.1) is 5.60 Å². The third kappa shape index (κ3) is 7.70. The van der Waals surface area contributed by atoms with E-state index in [1.54, 1.807) is 48.2 Å². The Hall–Kier alpha value is -8.13. The summed E-state index contributed by atoms with van der Waals surface area (Å²) in [6.45, 7) is 1.51. The second-order valence-corrected chi connectivity index (χ2v) is 13.0. The minimum atomic E-state index is -1.59. The Bertz CT molecular complexity index is 2710. The van der Waals surface area contributed by atoms with Crippen LogP contribution in [0.4, 0.5) is 35.2 Å². The number of carbonyl (C=O) groups is 1. The van der Waals surface area contributed by atoms with Crippen molar-refractivity contribution in [3.05, 3.63) is 108 Å². The van der Waals surface area contributed by atoms with Crippen LogP contribution in [0.2, 0.25) is 0 Å². The summed E-state index contributed by atoms with van der Waals surface area (Å²) in [4.78, 5) is 60.0. The van der Waals surface area contributed by atoms with Gasteiger partial charge in [-0.05, 0) is 49.4 Å². The quantitative estimate of drug-likeness (QED) is 0.144. The predicted octanol–water partition coefficient (Wildman–Crippen LogP) is 4.46. The number of hydrogen-bond donors (Lipinski definition) is 3. The summed E-state index contributed by atoms with van der Waals surface area (Å²) in [6.07, 6.45) is 2.52. The number of anilines is 6. The van der Waals surface area contributed by atoms with E-state index in [4.69, 9.17) is 20.5 Å². The van der Waals surface area contributed by atoms with Crippen LogP contribution in [-0.4, -0.2) is 85.1 Å². The van der Waals surface area contributed by atoms with Gasteiger partial charge in [0, 0.05) is 55.4 Å². The number of para-hydroxylation sites is 2. The Balaban J connectivity index is 0.922. The van der Waals surface area contributed by atoms with Crippen molar-refractivity contribution in [2.24, 2.45) is 0 Å². The van der Waals surface area contributed by atoms with Gasteiger partial charge in [-0.15, -0.1) is 0 Å². The first-order valence-electron chi connectivity index (χ1n) is 17.5. The largest absolute Gasteiger partial charge is 0.385 e. The number of nitrogen functional groups attached to an aromatic ring is 2. The van der Waals surface area contributed by atoms with Crippen molar-refractivity contribution in [1.29, 1.82) is 0 Å². The molecule has 20 nitrogen and oxygen atoms in total. The lowest BCUT2D eigenvalue weighted by Crippen LogP contribution is -2.25. The van der Waals surface area contributed by atoms with Crippen LogP contribution >= 0.6 is 0 Å². The zero-order valence-corrected chi connectivity index (χ0v) is 31.0. The fraction of sp³-hybridized carbons (Fsp3) is 0.132. The maximum absolute atomic E-state index is 13.3. The highest BCUT2D eigenvalue weighted by Gasteiger charge is 2.29. The van der Waals surface area contributed by atoms with Crippen molar-refractivity contribution < 1.29 is 18.9 Å². The van der Waals surface area contributed by atoms with Crippen LogP contribution in [0, 0.1) is 0 Å². The number of aromatic nitrogens is 12. The molecule has 0 aliphatic carbocycles. The van der Waals surface area contributed by atoms with Gasteiger partial charge in [-0.2, -0.15) is 39.9 Å². The summed E-state index contributed by atoms with van der Waals surface area (Å²) in [5.74, 6) is 0.649. The molecule has 0 aliphatic heterocycles. The zero-order valence-electron chi connectivity index (χ0n) is 31.0. The Morgan fingerprint density at radius 2 is 1.10 bits per heavy atom. The molecule has 0 fully saturated rings. The van der Waals surface area contributed by atoms with E-state index in [0.717, 1.165) is 11.4 Å². The van der Waals surface area contributed by atoms with Crippen molar-refractivity contribution in [2.75, 3.05) is 35.4 Å². The normalized spacial score (nSPS) is 12.2. The van der Waals surface area contributed by atoms with E-state index in [2.05, 4.69) is 60.2 Å². The lowest BCUT2D eigenvalue weighted by atomic mass is 9.90. The Labute approximate surface area is 328 Å². The number of aliphatic hydroxyl groups is 1. The molecule has 0 radical (unpaired) electrons. The molecule has 1 unspecified atom stereocenters. The van der Waals surface area contributed by atoms with Crippen LogP contribution in [0.15, 0.2) is 106 Å². The van der Waals surface area contributed by atoms with Crippen molar-refractivity contribution in [1.82, 2.24) is 60.2 Å². The standard InChI is InChI=1S/C38H32N16O4/c1-38(56,22-15-17-26(42-20-22)33-44-31(52-58-33)29-46-35(40)50-37(48-29)54(3)24-12-8-5-9-13-24)18-27(55)21-14-16-25(41-19-21)32-43-30(51-57-32)28-45-34(39)49-36(47-28)53(2)23-10-6-4-7-11-23/h4-17,19-20,56H,18H2,1-3H3,(H2,39,45,47,49)(H2,40,46,48,50). The minimum Gasteiger partial charge on any atom is -0.385 e. The van der Waals surface area contributed by atoms with Crippen LogP contribution < -0.4 is 21.3 Å². The Morgan fingerprint density at radius 3 is 1.55 bits per heavy atom. The molecule has 0 spiro atoms. The monoisotopic (exact) mass is 776 g/mol. The van der Waals surface area contributed by atoms with E-state index in [9.17, 15) is 9.90 Å². The Kier molecular flexibility index (Phi) is 9.64. The highest BCUT2D eigenvalue weighted by atomic mass is 16.5. The minimum absolute atomic E-state index is 0.0219. The highest BCUT2D eigenvalue weighted by Crippen LogP contribution is 2.29. The van der Waals surface area contributed by atoms with Gasteiger partial charge in [0.1, 0.15) is 11.4 Å². The molecule has 6 aromatic heterocycles. The van der Waals surface area contributed by atoms with E-state index in [-0.39, 0.29) is 76.6 Å². The number of rotatable bonds is 12. The number of nitrogens with zero attached hydrogens (tertiary/aromatic N) is 14. The summed E-state index contributed by atoms with van der Waals surface area (Å²) in [6, 6.07) is 25.3. The zero-order chi connectivity index (χ0) is 40.4. The molecule has 1 atom stereocenters. The highest BCUT2D eigenvalue weighted by molar-refractivity contribution is 5.96. The van der Waals surface area contributed by atoms with Gasteiger partial charge in [0.25, 0.3) is 11.8 Å². The van der Waals surface area contributed by atoms with Crippen LogP contribution in [-0.2, 0) is 5.60 Å². The van der Waals surface area contributed by atoms with E-state index in [0.29, 0.717) is 17.0 Å². The molecular formula is C38H32N16O4. The van der Waals surface area contributed by atoms with Gasteiger partial charge in [-0.3, -0.25) is 14.8 Å². The van der Waals surface area contributed by atoms with Gasteiger partial charge in [0.2, 0.25) is 47.1 Å². The molecule has 58 heavy (non-hydrogen) atoms. The molecule has 8 aromatic rings. The van der Waals surface area contributed by atoms with Gasteiger partial charge < -0.3 is 35.4 Å². The second-order valence-electron chi connectivity index (χ2n) is 13.0. The van der Waals surface area contributed by atoms with Gasteiger partial charge in [-0.1, -0.05) is 52.8 Å².